The van der Waals surface area contributed by atoms with Crippen LogP contribution in [0.15, 0.2) is 24.4 Å². The molecule has 19 heavy (non-hydrogen) atoms. The second-order valence-corrected chi connectivity index (χ2v) is 4.79. The van der Waals surface area contributed by atoms with Crippen molar-refractivity contribution in [2.45, 2.75) is 13.3 Å². The minimum Gasteiger partial charge on any atom is -0.461 e. The summed E-state index contributed by atoms with van der Waals surface area (Å²) in [6.07, 6.45) is 1.97. The molecule has 4 nitrogen and oxygen atoms in total. The fourth-order valence-electron chi connectivity index (χ4n) is 1.67. The Balaban J connectivity index is 2.13. The van der Waals surface area contributed by atoms with Crippen LogP contribution in [0, 0.1) is 0 Å². The van der Waals surface area contributed by atoms with Crippen molar-refractivity contribution >= 4 is 29.2 Å². The molecule has 1 aromatic heterocycles. The summed E-state index contributed by atoms with van der Waals surface area (Å²) in [7, 11) is 0. The lowest BCUT2D eigenvalue weighted by Crippen LogP contribution is -2.05. The van der Waals surface area contributed by atoms with Crippen molar-refractivity contribution in [3.63, 3.8) is 0 Å². The van der Waals surface area contributed by atoms with Crippen LogP contribution in [0.3, 0.4) is 0 Å². The van der Waals surface area contributed by atoms with Crippen LogP contribution in [0.25, 0.3) is 0 Å². The van der Waals surface area contributed by atoms with Crippen LogP contribution in [-0.4, -0.2) is 22.5 Å². The highest BCUT2D eigenvalue weighted by atomic mass is 35.5. The largest absolute Gasteiger partial charge is 0.461 e. The Morgan fingerprint density at radius 3 is 2.63 bits per heavy atom. The monoisotopic (exact) mass is 298 g/mol. The summed E-state index contributed by atoms with van der Waals surface area (Å²) >= 11 is 11.8. The molecule has 0 aliphatic carbocycles. The molecule has 0 spiro atoms. The third-order valence-corrected chi connectivity index (χ3v) is 2.85. The number of aromatic nitrogens is 2. The zero-order chi connectivity index (χ0) is 13.8. The number of aromatic amines is 1. The van der Waals surface area contributed by atoms with Gasteiger partial charge >= 0.3 is 5.97 Å². The number of hydrogen-bond donors (Lipinski definition) is 1. The molecule has 1 aromatic carbocycles. The first-order valence-corrected chi connectivity index (χ1v) is 6.50. The number of hydrogen-bond acceptors (Lipinski definition) is 3. The van der Waals surface area contributed by atoms with Crippen molar-refractivity contribution in [2.24, 2.45) is 0 Å². The third-order valence-electron chi connectivity index (χ3n) is 2.42. The quantitative estimate of drug-likeness (QED) is 0.879. The summed E-state index contributed by atoms with van der Waals surface area (Å²) < 4.78 is 4.88. The van der Waals surface area contributed by atoms with Gasteiger partial charge in [-0.05, 0) is 30.7 Å². The molecule has 0 bridgehead atoms. The van der Waals surface area contributed by atoms with E-state index < -0.39 is 5.97 Å². The number of carbonyl (C=O) groups excluding carboxylic acids is 1. The van der Waals surface area contributed by atoms with Gasteiger partial charge in [0.1, 0.15) is 11.5 Å². The molecule has 0 radical (unpaired) electrons. The lowest BCUT2D eigenvalue weighted by Gasteiger charge is -2.01. The molecule has 2 rings (SSSR count). The molecular formula is C13H12Cl2N2O2. The maximum atomic E-state index is 11.5. The topological polar surface area (TPSA) is 55.0 Å². The number of esters is 1. The molecule has 6 heteroatoms. The van der Waals surface area contributed by atoms with Crippen LogP contribution in [0.1, 0.15) is 28.8 Å². The molecule has 0 aliphatic heterocycles. The predicted octanol–water partition coefficient (Wildman–Crippen LogP) is 3.48. The number of carbonyl (C=O) groups is 1. The van der Waals surface area contributed by atoms with Crippen molar-refractivity contribution in [1.29, 1.82) is 0 Å². The second kappa shape index (κ2) is 6.08. The fraction of sp³-hybridized carbons (Fsp3) is 0.231. The summed E-state index contributed by atoms with van der Waals surface area (Å²) in [5.74, 6) is 0.242. The summed E-state index contributed by atoms with van der Waals surface area (Å²) in [6, 6.07) is 5.28. The van der Waals surface area contributed by atoms with Gasteiger partial charge < -0.3 is 9.72 Å². The van der Waals surface area contributed by atoms with Gasteiger partial charge in [0.25, 0.3) is 0 Å². The molecule has 0 unspecified atom stereocenters. The maximum Gasteiger partial charge on any atom is 0.356 e. The molecule has 2 aromatic rings. The minimum atomic E-state index is -0.412. The number of imidazole rings is 1. The van der Waals surface area contributed by atoms with Gasteiger partial charge in [0.15, 0.2) is 0 Å². The predicted molar refractivity (Wildman–Crippen MR) is 73.8 cm³/mol. The van der Waals surface area contributed by atoms with Gasteiger partial charge in [-0.15, -0.1) is 0 Å². The molecule has 0 saturated heterocycles. The van der Waals surface area contributed by atoms with Gasteiger partial charge in [0.2, 0.25) is 0 Å². The van der Waals surface area contributed by atoms with E-state index in [9.17, 15) is 4.79 Å². The van der Waals surface area contributed by atoms with E-state index in [0.717, 1.165) is 5.56 Å². The fourth-order valence-corrected chi connectivity index (χ4v) is 2.24. The molecular weight excluding hydrogens is 287 g/mol. The number of nitrogens with zero attached hydrogens (tertiary/aromatic N) is 1. The molecule has 1 N–H and O–H groups in total. The third kappa shape index (κ3) is 3.72. The van der Waals surface area contributed by atoms with Crippen LogP contribution < -0.4 is 0 Å². The normalized spacial score (nSPS) is 10.5. The van der Waals surface area contributed by atoms with Crippen molar-refractivity contribution < 1.29 is 9.53 Å². The Kier molecular flexibility index (Phi) is 4.45. The summed E-state index contributed by atoms with van der Waals surface area (Å²) in [6.45, 7) is 2.08. The first-order valence-electron chi connectivity index (χ1n) is 5.74. The smallest absolute Gasteiger partial charge is 0.356 e. The van der Waals surface area contributed by atoms with Crippen LogP contribution in [0.4, 0.5) is 0 Å². The number of H-pyrrole nitrogens is 1. The van der Waals surface area contributed by atoms with Gasteiger partial charge in [-0.2, -0.15) is 0 Å². The molecule has 1 heterocycles. The molecule has 0 saturated carbocycles. The average Bonchev–Trinajstić information content (AvgIpc) is 2.76. The van der Waals surface area contributed by atoms with E-state index in [1.54, 1.807) is 25.1 Å². The lowest BCUT2D eigenvalue weighted by atomic mass is 10.1. The highest BCUT2D eigenvalue weighted by Crippen LogP contribution is 2.20. The SMILES string of the molecule is CCOC(=O)c1cnc(Cc2cc(Cl)cc(Cl)c2)[nH]1. The van der Waals surface area contributed by atoms with Crippen molar-refractivity contribution in [2.75, 3.05) is 6.61 Å². The molecule has 100 valence electrons. The van der Waals surface area contributed by atoms with Crippen LogP contribution in [0.5, 0.6) is 0 Å². The van der Waals surface area contributed by atoms with Gasteiger partial charge in [-0.3, -0.25) is 0 Å². The van der Waals surface area contributed by atoms with Crippen molar-refractivity contribution in [3.8, 4) is 0 Å². The maximum absolute atomic E-state index is 11.5. The zero-order valence-corrected chi connectivity index (χ0v) is 11.8. The first-order chi connectivity index (χ1) is 9.08. The zero-order valence-electron chi connectivity index (χ0n) is 10.2. The number of halogens is 2. The lowest BCUT2D eigenvalue weighted by molar-refractivity contribution is 0.0520. The standard InChI is InChI=1S/C13H12Cl2N2O2/c1-2-19-13(18)11-7-16-12(17-11)5-8-3-9(14)6-10(15)4-8/h3-4,6-7H,2,5H2,1H3,(H,16,17). The van der Waals surface area contributed by atoms with E-state index in [4.69, 9.17) is 27.9 Å². The van der Waals surface area contributed by atoms with Crippen molar-refractivity contribution in [1.82, 2.24) is 9.97 Å². The number of nitrogens with one attached hydrogen (secondary N) is 1. The van der Waals surface area contributed by atoms with Crippen LogP contribution >= 0.6 is 23.2 Å². The Bertz CT molecular complexity index is 576. The molecule has 0 amide bonds. The molecule has 0 atom stereocenters. The molecule has 0 aliphatic rings. The van der Waals surface area contributed by atoms with Gasteiger partial charge in [0, 0.05) is 16.5 Å². The number of benzene rings is 1. The van der Waals surface area contributed by atoms with Gasteiger partial charge in [-0.25, -0.2) is 9.78 Å². The Labute approximate surface area is 120 Å². The second-order valence-electron chi connectivity index (χ2n) is 3.92. The Morgan fingerprint density at radius 2 is 2.00 bits per heavy atom. The highest BCUT2D eigenvalue weighted by Gasteiger charge is 2.10. The van der Waals surface area contributed by atoms with E-state index in [2.05, 4.69) is 9.97 Å². The van der Waals surface area contributed by atoms with E-state index in [1.165, 1.54) is 6.20 Å². The number of rotatable bonds is 4. The highest BCUT2D eigenvalue weighted by molar-refractivity contribution is 6.34. The van der Waals surface area contributed by atoms with Gasteiger partial charge in [-0.1, -0.05) is 23.2 Å². The van der Waals surface area contributed by atoms with E-state index in [0.29, 0.717) is 34.6 Å². The minimum absolute atomic E-state index is 0.330. The molecule has 0 fully saturated rings. The number of ether oxygens (including phenoxy) is 1. The van der Waals surface area contributed by atoms with Crippen LogP contribution in [-0.2, 0) is 11.2 Å². The Hall–Kier alpha value is -1.52. The summed E-state index contributed by atoms with van der Waals surface area (Å²) in [5.41, 5.74) is 1.26. The van der Waals surface area contributed by atoms with Gasteiger partial charge in [0.05, 0.1) is 12.8 Å². The summed E-state index contributed by atoms with van der Waals surface area (Å²) in [4.78, 5) is 18.5. The van der Waals surface area contributed by atoms with E-state index in [1.807, 2.05) is 0 Å². The van der Waals surface area contributed by atoms with Crippen molar-refractivity contribution in [3.05, 3.63) is 51.5 Å². The van der Waals surface area contributed by atoms with E-state index in [-0.39, 0.29) is 0 Å². The average molecular weight is 299 g/mol. The van der Waals surface area contributed by atoms with E-state index >= 15 is 0 Å². The van der Waals surface area contributed by atoms with Crippen LogP contribution in [0.2, 0.25) is 10.0 Å². The first kappa shape index (κ1) is 13.9. The summed E-state index contributed by atoms with van der Waals surface area (Å²) in [5, 5.41) is 1.14. The Morgan fingerprint density at radius 1 is 1.32 bits per heavy atom.